The van der Waals surface area contributed by atoms with Crippen LogP contribution in [0.25, 0.3) is 0 Å². The SMILES string of the molecule is COc1ccc(S(=O)(=O)N2CCCC2)cc1NC(=O)[C@H](C)N(c1cc(C)cc(C)c1)S(C)(=O)=O. The summed E-state index contributed by atoms with van der Waals surface area (Å²) in [5.41, 5.74) is 2.24. The lowest BCUT2D eigenvalue weighted by molar-refractivity contribution is -0.116. The van der Waals surface area contributed by atoms with E-state index in [0.717, 1.165) is 34.5 Å². The Morgan fingerprint density at radius 3 is 2.15 bits per heavy atom. The molecule has 0 aromatic heterocycles. The number of nitrogens with one attached hydrogen (secondary N) is 1. The molecule has 1 atom stereocenters. The number of aryl methyl sites for hydroxylation is 2. The van der Waals surface area contributed by atoms with E-state index in [1.165, 1.54) is 36.5 Å². The van der Waals surface area contributed by atoms with Gasteiger partial charge in [0.2, 0.25) is 26.0 Å². The highest BCUT2D eigenvalue weighted by Gasteiger charge is 2.31. The quantitative estimate of drug-likeness (QED) is 0.586. The standard InChI is InChI=1S/C23H31N3O6S2/c1-16-12-17(2)14-19(13-16)26(33(5,28)29)18(3)23(27)24-21-15-20(8-9-22(21)32-4)34(30,31)25-10-6-7-11-25/h8-9,12-15,18H,6-7,10-11H2,1-5H3,(H,24,27)/t18-/m0/s1. The number of nitrogens with zero attached hydrogens (tertiary/aromatic N) is 2. The van der Waals surface area contributed by atoms with Gasteiger partial charge in [0.1, 0.15) is 11.8 Å². The molecule has 1 fully saturated rings. The zero-order chi connectivity index (χ0) is 25.3. The lowest BCUT2D eigenvalue weighted by atomic mass is 10.1. The van der Waals surface area contributed by atoms with Crippen LogP contribution in [0.5, 0.6) is 5.75 Å². The first kappa shape index (κ1) is 26.0. The number of benzene rings is 2. The number of hydrogen-bond acceptors (Lipinski definition) is 6. The predicted molar refractivity (Wildman–Crippen MR) is 132 cm³/mol. The normalized spacial score (nSPS) is 15.7. The second-order valence-corrected chi connectivity index (χ2v) is 12.3. The summed E-state index contributed by atoms with van der Waals surface area (Å²) in [7, 11) is -6.12. The van der Waals surface area contributed by atoms with Crippen LogP contribution in [-0.4, -0.2) is 59.5 Å². The highest BCUT2D eigenvalue weighted by molar-refractivity contribution is 7.92. The fourth-order valence-electron chi connectivity index (χ4n) is 4.15. The minimum Gasteiger partial charge on any atom is -0.495 e. The van der Waals surface area contributed by atoms with Crippen molar-refractivity contribution in [1.82, 2.24) is 4.31 Å². The highest BCUT2D eigenvalue weighted by atomic mass is 32.2. The Labute approximate surface area is 201 Å². The highest BCUT2D eigenvalue weighted by Crippen LogP contribution is 2.31. The first-order valence-corrected chi connectivity index (χ1v) is 14.2. The Bertz CT molecular complexity index is 1270. The molecule has 0 unspecified atom stereocenters. The monoisotopic (exact) mass is 509 g/mol. The van der Waals surface area contributed by atoms with Crippen LogP contribution >= 0.6 is 0 Å². The Balaban J connectivity index is 1.95. The third-order valence-electron chi connectivity index (χ3n) is 5.68. The summed E-state index contributed by atoms with van der Waals surface area (Å²) >= 11 is 0. The summed E-state index contributed by atoms with van der Waals surface area (Å²) in [5.74, 6) is -0.364. The minimum absolute atomic E-state index is 0.0347. The first-order chi connectivity index (χ1) is 15.8. The Morgan fingerprint density at radius 1 is 1.03 bits per heavy atom. The summed E-state index contributed by atoms with van der Waals surface area (Å²) in [5, 5.41) is 2.66. The minimum atomic E-state index is -3.81. The van der Waals surface area contributed by atoms with E-state index < -0.39 is 32.0 Å². The third kappa shape index (κ3) is 5.53. The summed E-state index contributed by atoms with van der Waals surface area (Å²) in [6, 6.07) is 8.44. The largest absolute Gasteiger partial charge is 0.495 e. The molecule has 1 aliphatic heterocycles. The molecule has 11 heteroatoms. The summed E-state index contributed by atoms with van der Waals surface area (Å²) in [6.07, 6.45) is 2.64. The van der Waals surface area contributed by atoms with Crippen molar-refractivity contribution in [1.29, 1.82) is 0 Å². The van der Waals surface area contributed by atoms with Gasteiger partial charge in [0, 0.05) is 13.1 Å². The number of hydrogen-bond donors (Lipinski definition) is 1. The maximum atomic E-state index is 13.2. The van der Waals surface area contributed by atoms with Crippen LogP contribution in [-0.2, 0) is 24.8 Å². The van der Waals surface area contributed by atoms with E-state index >= 15 is 0 Å². The molecule has 0 radical (unpaired) electrons. The van der Waals surface area contributed by atoms with Crippen LogP contribution < -0.4 is 14.4 Å². The lowest BCUT2D eigenvalue weighted by Gasteiger charge is -2.29. The van der Waals surface area contributed by atoms with Gasteiger partial charge in [-0.2, -0.15) is 4.31 Å². The van der Waals surface area contributed by atoms with Crippen LogP contribution in [0.1, 0.15) is 30.9 Å². The van der Waals surface area contributed by atoms with Crippen molar-refractivity contribution in [2.75, 3.05) is 36.1 Å². The zero-order valence-corrected chi connectivity index (χ0v) is 21.7. The molecular weight excluding hydrogens is 478 g/mol. The number of carbonyl (C=O) groups excluding carboxylic acids is 1. The molecule has 1 amide bonds. The van der Waals surface area contributed by atoms with Gasteiger partial charge >= 0.3 is 0 Å². The van der Waals surface area contributed by atoms with Gasteiger partial charge < -0.3 is 10.1 Å². The zero-order valence-electron chi connectivity index (χ0n) is 20.0. The van der Waals surface area contributed by atoms with Gasteiger partial charge in [0.05, 0.1) is 29.6 Å². The van der Waals surface area contributed by atoms with Crippen LogP contribution in [0.3, 0.4) is 0 Å². The third-order valence-corrected chi connectivity index (χ3v) is 8.82. The van der Waals surface area contributed by atoms with E-state index in [9.17, 15) is 21.6 Å². The molecule has 0 bridgehead atoms. The van der Waals surface area contributed by atoms with E-state index in [-0.39, 0.29) is 16.3 Å². The molecule has 1 aliphatic rings. The van der Waals surface area contributed by atoms with Crippen molar-refractivity contribution in [3.63, 3.8) is 0 Å². The molecule has 9 nitrogen and oxygen atoms in total. The average molecular weight is 510 g/mol. The maximum absolute atomic E-state index is 13.2. The Hall–Kier alpha value is -2.63. The molecule has 34 heavy (non-hydrogen) atoms. The number of amides is 1. The molecular formula is C23H31N3O6S2. The number of methoxy groups -OCH3 is 1. The molecule has 1 heterocycles. The number of anilines is 2. The molecule has 2 aromatic rings. The van der Waals surface area contributed by atoms with Crippen LogP contribution in [0, 0.1) is 13.8 Å². The number of carbonyl (C=O) groups is 1. The van der Waals surface area contributed by atoms with Gasteiger partial charge in [-0.05, 0) is 75.1 Å². The molecule has 1 saturated heterocycles. The van der Waals surface area contributed by atoms with Crippen LogP contribution in [0.2, 0.25) is 0 Å². The number of sulfonamides is 2. The first-order valence-electron chi connectivity index (χ1n) is 10.9. The topological polar surface area (TPSA) is 113 Å². The second kappa shape index (κ2) is 9.93. The van der Waals surface area contributed by atoms with Gasteiger partial charge in [0.25, 0.3) is 0 Å². The molecule has 2 aromatic carbocycles. The maximum Gasteiger partial charge on any atom is 0.248 e. The smallest absolute Gasteiger partial charge is 0.248 e. The van der Waals surface area contributed by atoms with Crippen molar-refractivity contribution in [3.8, 4) is 5.75 Å². The van der Waals surface area contributed by atoms with E-state index in [2.05, 4.69) is 5.32 Å². The summed E-state index contributed by atoms with van der Waals surface area (Å²) < 4.78 is 59.0. The van der Waals surface area contributed by atoms with Crippen LogP contribution in [0.15, 0.2) is 41.3 Å². The Morgan fingerprint density at radius 2 is 1.62 bits per heavy atom. The molecule has 1 N–H and O–H groups in total. The summed E-state index contributed by atoms with van der Waals surface area (Å²) in [6.45, 7) is 6.07. The average Bonchev–Trinajstić information content (AvgIpc) is 3.28. The van der Waals surface area contributed by atoms with Gasteiger partial charge in [-0.1, -0.05) is 6.07 Å². The van der Waals surface area contributed by atoms with Crippen LogP contribution in [0.4, 0.5) is 11.4 Å². The van der Waals surface area contributed by atoms with Gasteiger partial charge in [0.15, 0.2) is 0 Å². The number of rotatable bonds is 8. The van der Waals surface area contributed by atoms with E-state index in [0.29, 0.717) is 18.8 Å². The molecule has 3 rings (SSSR count). The lowest BCUT2D eigenvalue weighted by Crippen LogP contribution is -2.45. The molecule has 0 saturated carbocycles. The number of ether oxygens (including phenoxy) is 1. The van der Waals surface area contributed by atoms with Gasteiger partial charge in [-0.25, -0.2) is 16.8 Å². The molecule has 0 spiro atoms. The van der Waals surface area contributed by atoms with E-state index in [1.54, 1.807) is 12.1 Å². The molecule has 186 valence electrons. The van der Waals surface area contributed by atoms with Gasteiger partial charge in [-0.3, -0.25) is 9.10 Å². The Kier molecular flexibility index (Phi) is 7.59. The molecule has 0 aliphatic carbocycles. The van der Waals surface area contributed by atoms with Crippen molar-refractivity contribution in [3.05, 3.63) is 47.5 Å². The predicted octanol–water partition coefficient (Wildman–Crippen LogP) is 2.89. The fourth-order valence-corrected chi connectivity index (χ4v) is 6.85. The fraction of sp³-hybridized carbons (Fsp3) is 0.435. The second-order valence-electron chi connectivity index (χ2n) is 8.54. The van der Waals surface area contributed by atoms with Crippen molar-refractivity contribution < 1.29 is 26.4 Å². The van der Waals surface area contributed by atoms with E-state index in [4.69, 9.17) is 4.74 Å². The van der Waals surface area contributed by atoms with Gasteiger partial charge in [-0.15, -0.1) is 0 Å². The van der Waals surface area contributed by atoms with Crippen molar-refractivity contribution >= 4 is 37.3 Å². The van der Waals surface area contributed by atoms with Crippen molar-refractivity contribution in [2.45, 2.75) is 44.6 Å². The summed E-state index contributed by atoms with van der Waals surface area (Å²) in [4.78, 5) is 13.2. The van der Waals surface area contributed by atoms with Crippen molar-refractivity contribution in [2.24, 2.45) is 0 Å². The van der Waals surface area contributed by atoms with E-state index in [1.807, 2.05) is 19.9 Å².